The highest BCUT2D eigenvalue weighted by Gasteiger charge is 2.26. The highest BCUT2D eigenvalue weighted by Crippen LogP contribution is 2.44. The monoisotopic (exact) mass is 358 g/mol. The van der Waals surface area contributed by atoms with Gasteiger partial charge in [0.2, 0.25) is 5.28 Å². The lowest BCUT2D eigenvalue weighted by Gasteiger charge is -2.03. The predicted octanol–water partition coefficient (Wildman–Crippen LogP) is 5.58. The summed E-state index contributed by atoms with van der Waals surface area (Å²) in [7, 11) is 0. The Balaban J connectivity index is 1.64. The molecule has 114 valence electrons. The fourth-order valence-corrected chi connectivity index (χ4v) is 4.89. The van der Waals surface area contributed by atoms with Crippen molar-refractivity contribution < 1.29 is 0 Å². The van der Waals surface area contributed by atoms with E-state index in [0.29, 0.717) is 5.92 Å². The number of halogens is 1. The van der Waals surface area contributed by atoms with Crippen LogP contribution in [0, 0.1) is 0 Å². The Morgan fingerprint density at radius 2 is 2.00 bits per heavy atom. The van der Waals surface area contributed by atoms with Gasteiger partial charge in [-0.05, 0) is 36.4 Å². The smallest absolute Gasteiger partial charge is 0.225 e. The van der Waals surface area contributed by atoms with Crippen molar-refractivity contribution in [1.29, 1.82) is 0 Å². The number of aromatic nitrogens is 3. The van der Waals surface area contributed by atoms with Crippen molar-refractivity contribution in [1.82, 2.24) is 15.0 Å². The molecule has 23 heavy (non-hydrogen) atoms. The van der Waals surface area contributed by atoms with E-state index in [1.165, 1.54) is 22.4 Å². The molecule has 0 unspecified atom stereocenters. The zero-order valence-corrected chi connectivity index (χ0v) is 14.3. The molecule has 0 bridgehead atoms. The summed E-state index contributed by atoms with van der Waals surface area (Å²) < 4.78 is 2.19. The molecule has 1 aliphatic rings. The van der Waals surface area contributed by atoms with Crippen LogP contribution in [0.5, 0.6) is 0 Å². The van der Waals surface area contributed by atoms with Crippen molar-refractivity contribution in [2.45, 2.75) is 18.8 Å². The van der Waals surface area contributed by atoms with Gasteiger partial charge in [0, 0.05) is 21.2 Å². The summed E-state index contributed by atoms with van der Waals surface area (Å²) in [6, 6.07) is 8.20. The van der Waals surface area contributed by atoms with Crippen LogP contribution < -0.4 is 5.32 Å². The molecular formula is C16H11ClN4S2. The Labute approximate surface area is 145 Å². The average Bonchev–Trinajstić information content (AvgIpc) is 3.19. The number of thiophene rings is 1. The lowest BCUT2D eigenvalue weighted by Crippen LogP contribution is -1.95. The summed E-state index contributed by atoms with van der Waals surface area (Å²) in [6.45, 7) is 0. The lowest BCUT2D eigenvalue weighted by molar-refractivity contribution is 1.16. The number of thiazole rings is 1. The molecule has 0 aliphatic heterocycles. The van der Waals surface area contributed by atoms with Crippen molar-refractivity contribution in [2.24, 2.45) is 0 Å². The Bertz CT molecular complexity index is 1040. The van der Waals surface area contributed by atoms with Gasteiger partial charge in [0.15, 0.2) is 10.9 Å². The number of hydrogen-bond donors (Lipinski definition) is 1. The molecule has 0 radical (unpaired) electrons. The normalized spacial score (nSPS) is 14.7. The summed E-state index contributed by atoms with van der Waals surface area (Å²) in [5, 5.41) is 5.56. The Morgan fingerprint density at radius 3 is 2.87 bits per heavy atom. The van der Waals surface area contributed by atoms with Gasteiger partial charge < -0.3 is 5.32 Å². The van der Waals surface area contributed by atoms with Gasteiger partial charge in [-0.2, -0.15) is 4.98 Å². The quantitative estimate of drug-likeness (QED) is 0.486. The zero-order valence-electron chi connectivity index (χ0n) is 11.9. The molecule has 0 spiro atoms. The van der Waals surface area contributed by atoms with Crippen LogP contribution in [0.3, 0.4) is 0 Å². The third-order valence-corrected chi connectivity index (χ3v) is 6.33. The maximum atomic E-state index is 6.14. The molecule has 0 amide bonds. The summed E-state index contributed by atoms with van der Waals surface area (Å²) in [4.78, 5) is 14.6. The van der Waals surface area contributed by atoms with Crippen LogP contribution in [-0.4, -0.2) is 15.0 Å². The Kier molecular flexibility index (Phi) is 3.04. The molecule has 3 aromatic heterocycles. The third kappa shape index (κ3) is 2.38. The topological polar surface area (TPSA) is 50.7 Å². The molecule has 1 saturated carbocycles. The molecular weight excluding hydrogens is 348 g/mol. The lowest BCUT2D eigenvalue weighted by atomic mass is 10.2. The van der Waals surface area contributed by atoms with Gasteiger partial charge in [-0.25, -0.2) is 9.97 Å². The van der Waals surface area contributed by atoms with E-state index in [2.05, 4.69) is 32.4 Å². The van der Waals surface area contributed by atoms with E-state index in [1.54, 1.807) is 22.7 Å². The first kappa shape index (κ1) is 13.7. The number of benzene rings is 1. The first-order valence-corrected chi connectivity index (χ1v) is 9.36. The number of hydrogen-bond acceptors (Lipinski definition) is 6. The molecule has 0 saturated heterocycles. The SMILES string of the molecule is Clc1nc(Nc2ncc(C3CC3)s2)c2sc3ccccc3c2n1. The first-order valence-electron chi connectivity index (χ1n) is 7.35. The van der Waals surface area contributed by atoms with Crippen LogP contribution in [0.1, 0.15) is 23.6 Å². The van der Waals surface area contributed by atoms with Crippen molar-refractivity contribution in [3.8, 4) is 0 Å². The summed E-state index contributed by atoms with van der Waals surface area (Å²) in [5.74, 6) is 1.44. The summed E-state index contributed by atoms with van der Waals surface area (Å²) in [5.41, 5.74) is 0.895. The number of rotatable bonds is 3. The van der Waals surface area contributed by atoms with Gasteiger partial charge in [-0.3, -0.25) is 0 Å². The fourth-order valence-electron chi connectivity index (χ4n) is 2.65. The second kappa shape index (κ2) is 5.12. The molecule has 7 heteroatoms. The largest absolute Gasteiger partial charge is 0.315 e. The van der Waals surface area contributed by atoms with Crippen LogP contribution >= 0.6 is 34.3 Å². The average molecular weight is 359 g/mol. The summed E-state index contributed by atoms with van der Waals surface area (Å²) >= 11 is 9.51. The van der Waals surface area contributed by atoms with Crippen molar-refractivity contribution in [3.63, 3.8) is 0 Å². The highest BCUT2D eigenvalue weighted by molar-refractivity contribution is 7.26. The molecule has 3 heterocycles. The minimum Gasteiger partial charge on any atom is -0.315 e. The maximum Gasteiger partial charge on any atom is 0.225 e. The number of fused-ring (bicyclic) bond motifs is 3. The van der Waals surface area contributed by atoms with E-state index in [4.69, 9.17) is 11.6 Å². The molecule has 5 rings (SSSR count). The molecule has 1 aromatic carbocycles. The van der Waals surface area contributed by atoms with Gasteiger partial charge in [-0.1, -0.05) is 18.2 Å². The van der Waals surface area contributed by atoms with E-state index < -0.39 is 0 Å². The van der Waals surface area contributed by atoms with Crippen LogP contribution in [0.25, 0.3) is 20.3 Å². The van der Waals surface area contributed by atoms with E-state index >= 15 is 0 Å². The second-order valence-corrected chi connectivity index (χ2v) is 8.04. The van der Waals surface area contributed by atoms with Gasteiger partial charge >= 0.3 is 0 Å². The highest BCUT2D eigenvalue weighted by atomic mass is 35.5. The van der Waals surface area contributed by atoms with Crippen molar-refractivity contribution in [2.75, 3.05) is 5.32 Å². The third-order valence-electron chi connectivity index (χ3n) is 3.92. The van der Waals surface area contributed by atoms with E-state index in [9.17, 15) is 0 Å². The van der Waals surface area contributed by atoms with E-state index in [-0.39, 0.29) is 5.28 Å². The molecule has 4 aromatic rings. The number of nitrogens with zero attached hydrogens (tertiary/aromatic N) is 3. The fraction of sp³-hybridized carbons (Fsp3) is 0.188. The first-order chi connectivity index (χ1) is 11.3. The molecule has 1 fully saturated rings. The minimum atomic E-state index is 0.252. The molecule has 1 aliphatic carbocycles. The van der Waals surface area contributed by atoms with Crippen LogP contribution in [0.4, 0.5) is 10.9 Å². The molecule has 4 nitrogen and oxygen atoms in total. The van der Waals surface area contributed by atoms with Crippen LogP contribution in [-0.2, 0) is 0 Å². The van der Waals surface area contributed by atoms with Crippen molar-refractivity contribution >= 4 is 65.5 Å². The van der Waals surface area contributed by atoms with Gasteiger partial charge in [-0.15, -0.1) is 22.7 Å². The Hall–Kier alpha value is -1.76. The summed E-state index contributed by atoms with van der Waals surface area (Å²) in [6.07, 6.45) is 4.53. The van der Waals surface area contributed by atoms with Gasteiger partial charge in [0.25, 0.3) is 0 Å². The molecule has 0 atom stereocenters. The van der Waals surface area contributed by atoms with Gasteiger partial charge in [0.1, 0.15) is 0 Å². The predicted molar refractivity (Wildman–Crippen MR) is 97.3 cm³/mol. The van der Waals surface area contributed by atoms with Crippen LogP contribution in [0.2, 0.25) is 5.28 Å². The van der Waals surface area contributed by atoms with E-state index in [0.717, 1.165) is 26.6 Å². The van der Waals surface area contributed by atoms with Gasteiger partial charge in [0.05, 0.1) is 10.2 Å². The number of anilines is 2. The maximum absolute atomic E-state index is 6.14. The minimum absolute atomic E-state index is 0.252. The Morgan fingerprint density at radius 1 is 1.13 bits per heavy atom. The van der Waals surface area contributed by atoms with Crippen molar-refractivity contribution in [3.05, 3.63) is 40.6 Å². The van der Waals surface area contributed by atoms with Crippen LogP contribution in [0.15, 0.2) is 30.5 Å². The molecule has 1 N–H and O–H groups in total. The standard InChI is InChI=1S/C16H11ClN4S2/c17-15-19-12-9-3-1-2-4-10(9)22-13(12)14(20-15)21-16-18-7-11(23-16)8-5-6-8/h1-4,7-8H,5-6H2,(H,18,19,20,21). The second-order valence-electron chi connectivity index (χ2n) is 5.58. The number of nitrogens with one attached hydrogen (secondary N) is 1. The zero-order chi connectivity index (χ0) is 15.4. The van der Waals surface area contributed by atoms with E-state index in [1.807, 2.05) is 18.3 Å².